The number of aryl methyl sites for hydroxylation is 1. The van der Waals surface area contributed by atoms with Crippen LogP contribution in [-0.2, 0) is 21.2 Å². The third kappa shape index (κ3) is 4.35. The zero-order valence-corrected chi connectivity index (χ0v) is 14.5. The van der Waals surface area contributed by atoms with Gasteiger partial charge in [0.25, 0.3) is 10.0 Å². The predicted molar refractivity (Wildman–Crippen MR) is 90.4 cm³/mol. The van der Waals surface area contributed by atoms with Crippen LogP contribution < -0.4 is 4.72 Å². The number of H-pyrrole nitrogens is 1. The number of unbranched alkanes of at least 4 members (excludes halogenated alkanes) is 1. The molecule has 8 heteroatoms. The monoisotopic (exact) mass is 351 g/mol. The number of esters is 1. The molecule has 2 rings (SSSR count). The van der Waals surface area contributed by atoms with E-state index in [1.54, 1.807) is 19.1 Å². The van der Waals surface area contributed by atoms with Crippen LogP contribution in [0.3, 0.4) is 0 Å². The number of carbonyl (C=O) groups is 1. The van der Waals surface area contributed by atoms with E-state index in [4.69, 9.17) is 4.74 Å². The van der Waals surface area contributed by atoms with Crippen molar-refractivity contribution in [3.05, 3.63) is 41.6 Å². The van der Waals surface area contributed by atoms with Gasteiger partial charge in [-0.15, -0.1) is 0 Å². The molecule has 0 saturated heterocycles. The van der Waals surface area contributed by atoms with Gasteiger partial charge in [-0.25, -0.2) is 4.79 Å². The first-order chi connectivity index (χ1) is 11.5. The van der Waals surface area contributed by atoms with Crippen molar-refractivity contribution in [3.8, 4) is 0 Å². The summed E-state index contributed by atoms with van der Waals surface area (Å²) in [7, 11) is -3.96. The van der Waals surface area contributed by atoms with E-state index < -0.39 is 16.0 Å². The van der Waals surface area contributed by atoms with E-state index in [0.717, 1.165) is 31.0 Å². The lowest BCUT2D eigenvalue weighted by atomic mass is 10.1. The summed E-state index contributed by atoms with van der Waals surface area (Å²) in [4.78, 5) is 11.8. The van der Waals surface area contributed by atoms with Crippen molar-refractivity contribution < 1.29 is 17.9 Å². The minimum absolute atomic E-state index is 0.121. The van der Waals surface area contributed by atoms with E-state index >= 15 is 0 Å². The van der Waals surface area contributed by atoms with Gasteiger partial charge in [-0.3, -0.25) is 9.82 Å². The Morgan fingerprint density at radius 3 is 2.58 bits per heavy atom. The van der Waals surface area contributed by atoms with E-state index in [1.807, 2.05) is 12.1 Å². The summed E-state index contributed by atoms with van der Waals surface area (Å²) in [5.74, 6) is -0.735. The number of hydrogen-bond acceptors (Lipinski definition) is 5. The van der Waals surface area contributed by atoms with Gasteiger partial charge in [0.15, 0.2) is 5.03 Å². The van der Waals surface area contributed by atoms with Crippen molar-refractivity contribution in [1.82, 2.24) is 10.2 Å². The minimum Gasteiger partial charge on any atom is -0.462 e. The Hall–Kier alpha value is -2.35. The van der Waals surface area contributed by atoms with Gasteiger partial charge in [-0.1, -0.05) is 25.5 Å². The number of rotatable bonds is 8. The molecule has 0 spiro atoms. The minimum atomic E-state index is -3.96. The highest BCUT2D eigenvalue weighted by atomic mass is 32.2. The molecule has 130 valence electrons. The maximum atomic E-state index is 12.5. The lowest BCUT2D eigenvalue weighted by Gasteiger charge is -2.09. The van der Waals surface area contributed by atoms with Crippen LogP contribution in [0, 0.1) is 0 Å². The van der Waals surface area contributed by atoms with Gasteiger partial charge in [0.2, 0.25) is 0 Å². The van der Waals surface area contributed by atoms with Crippen LogP contribution >= 0.6 is 0 Å². The van der Waals surface area contributed by atoms with Crippen LogP contribution in [-0.4, -0.2) is 31.2 Å². The van der Waals surface area contributed by atoms with E-state index in [0.29, 0.717) is 5.69 Å². The largest absolute Gasteiger partial charge is 0.462 e. The molecule has 0 bridgehead atoms. The van der Waals surface area contributed by atoms with Gasteiger partial charge < -0.3 is 4.74 Å². The van der Waals surface area contributed by atoms with Gasteiger partial charge in [-0.2, -0.15) is 13.5 Å². The van der Waals surface area contributed by atoms with Crippen molar-refractivity contribution >= 4 is 21.7 Å². The smallest absolute Gasteiger partial charge is 0.342 e. The van der Waals surface area contributed by atoms with Crippen LogP contribution in [0.15, 0.2) is 35.5 Å². The number of anilines is 1. The molecule has 0 amide bonds. The predicted octanol–water partition coefficient (Wildman–Crippen LogP) is 2.73. The first-order valence-corrected chi connectivity index (χ1v) is 9.28. The highest BCUT2D eigenvalue weighted by Crippen LogP contribution is 2.19. The van der Waals surface area contributed by atoms with Gasteiger partial charge >= 0.3 is 5.97 Å². The fourth-order valence-electron chi connectivity index (χ4n) is 2.16. The van der Waals surface area contributed by atoms with Crippen molar-refractivity contribution in [2.24, 2.45) is 0 Å². The summed E-state index contributed by atoms with van der Waals surface area (Å²) in [6.07, 6.45) is 4.28. The van der Waals surface area contributed by atoms with Crippen molar-refractivity contribution in [2.45, 2.75) is 38.1 Å². The molecule has 1 aromatic heterocycles. The lowest BCUT2D eigenvalue weighted by molar-refractivity contribution is 0.0522. The van der Waals surface area contributed by atoms with E-state index in [9.17, 15) is 13.2 Å². The summed E-state index contributed by atoms with van der Waals surface area (Å²) in [5, 5.41) is 5.67. The molecule has 0 aliphatic carbocycles. The Morgan fingerprint density at radius 2 is 1.96 bits per heavy atom. The summed E-state index contributed by atoms with van der Waals surface area (Å²) >= 11 is 0. The number of nitrogens with zero attached hydrogens (tertiary/aromatic N) is 1. The molecule has 0 saturated carbocycles. The fraction of sp³-hybridized carbons (Fsp3) is 0.375. The van der Waals surface area contributed by atoms with Crippen LogP contribution in [0.25, 0.3) is 0 Å². The van der Waals surface area contributed by atoms with Crippen molar-refractivity contribution in [3.63, 3.8) is 0 Å². The SMILES string of the molecule is CCCCc1ccc(NS(=O)(=O)c2[nH]ncc2C(=O)OCC)cc1. The second-order valence-corrected chi connectivity index (χ2v) is 6.86. The van der Waals surface area contributed by atoms with Crippen LogP contribution in [0.2, 0.25) is 0 Å². The van der Waals surface area contributed by atoms with Crippen molar-refractivity contribution in [1.29, 1.82) is 0 Å². The molecular weight excluding hydrogens is 330 g/mol. The number of nitrogens with one attached hydrogen (secondary N) is 2. The Kier molecular flexibility index (Phi) is 5.97. The molecule has 24 heavy (non-hydrogen) atoms. The molecule has 2 N–H and O–H groups in total. The molecule has 0 radical (unpaired) electrons. The average molecular weight is 351 g/mol. The normalized spacial score (nSPS) is 11.2. The molecule has 0 aliphatic heterocycles. The molecule has 0 aliphatic rings. The van der Waals surface area contributed by atoms with Crippen LogP contribution in [0.4, 0.5) is 5.69 Å². The molecular formula is C16H21N3O4S. The highest BCUT2D eigenvalue weighted by Gasteiger charge is 2.26. The average Bonchev–Trinajstić information content (AvgIpc) is 3.05. The Balaban J connectivity index is 2.17. The van der Waals surface area contributed by atoms with E-state index in [-0.39, 0.29) is 17.2 Å². The number of aromatic nitrogens is 2. The second kappa shape index (κ2) is 7.96. The molecule has 0 fully saturated rings. The van der Waals surface area contributed by atoms with E-state index in [2.05, 4.69) is 21.8 Å². The zero-order valence-electron chi connectivity index (χ0n) is 13.7. The van der Waals surface area contributed by atoms with Crippen LogP contribution in [0.5, 0.6) is 0 Å². The topological polar surface area (TPSA) is 101 Å². The van der Waals surface area contributed by atoms with Crippen molar-refractivity contribution in [2.75, 3.05) is 11.3 Å². The maximum Gasteiger partial charge on any atom is 0.342 e. The zero-order chi connectivity index (χ0) is 17.6. The highest BCUT2D eigenvalue weighted by molar-refractivity contribution is 7.92. The third-order valence-corrected chi connectivity index (χ3v) is 4.75. The molecule has 2 aromatic rings. The van der Waals surface area contributed by atoms with Gasteiger partial charge in [0.05, 0.1) is 12.8 Å². The summed E-state index contributed by atoms with van der Waals surface area (Å²) in [6, 6.07) is 7.16. The third-order valence-electron chi connectivity index (χ3n) is 3.39. The Bertz CT molecular complexity index is 782. The molecule has 7 nitrogen and oxygen atoms in total. The standard InChI is InChI=1S/C16H21N3O4S/c1-3-5-6-12-7-9-13(10-8-12)19-24(21,22)15-14(11-17-18-15)16(20)23-4-2/h7-11,19H,3-6H2,1-2H3,(H,17,18). The summed E-state index contributed by atoms with van der Waals surface area (Å²) in [5.41, 5.74) is 1.44. The quantitative estimate of drug-likeness (QED) is 0.712. The van der Waals surface area contributed by atoms with E-state index in [1.165, 1.54) is 0 Å². The number of benzene rings is 1. The van der Waals surface area contributed by atoms with Gasteiger partial charge in [-0.05, 0) is 37.5 Å². The molecule has 0 unspecified atom stereocenters. The second-order valence-electron chi connectivity index (χ2n) is 5.24. The molecule has 1 heterocycles. The fourth-order valence-corrected chi connectivity index (χ4v) is 3.31. The van der Waals surface area contributed by atoms with Gasteiger partial charge in [0.1, 0.15) is 5.56 Å². The van der Waals surface area contributed by atoms with Crippen LogP contribution in [0.1, 0.15) is 42.6 Å². The first kappa shape index (κ1) is 18.0. The number of carbonyl (C=O) groups excluding carboxylic acids is 1. The molecule has 1 aromatic carbocycles. The number of sulfonamides is 1. The lowest BCUT2D eigenvalue weighted by Crippen LogP contribution is -2.17. The Labute approximate surface area is 141 Å². The maximum absolute atomic E-state index is 12.5. The molecule has 0 atom stereocenters. The first-order valence-electron chi connectivity index (χ1n) is 7.80. The summed E-state index contributed by atoms with van der Waals surface area (Å²) in [6.45, 7) is 3.91. The number of hydrogen-bond donors (Lipinski definition) is 2. The Morgan fingerprint density at radius 1 is 1.25 bits per heavy atom. The summed E-state index contributed by atoms with van der Waals surface area (Å²) < 4.78 is 32.2. The van der Waals surface area contributed by atoms with Gasteiger partial charge in [0, 0.05) is 5.69 Å². The number of ether oxygens (including phenoxy) is 1. The number of aromatic amines is 1.